The van der Waals surface area contributed by atoms with Gasteiger partial charge >= 0.3 is 5.97 Å². The van der Waals surface area contributed by atoms with Crippen LogP contribution in [0.4, 0.5) is 0 Å². The molecule has 0 bridgehead atoms. The summed E-state index contributed by atoms with van der Waals surface area (Å²) >= 11 is 3.26. The van der Waals surface area contributed by atoms with Crippen molar-refractivity contribution in [3.63, 3.8) is 0 Å². The number of carbonyl (C=O) groups excluding carboxylic acids is 1. The number of carbonyl (C=O) groups is 2. The molecule has 0 aromatic rings. The molecule has 0 aliphatic heterocycles. The molecule has 0 heterocycles. The maximum Gasteiger partial charge on any atom is 0.303 e. The van der Waals surface area contributed by atoms with Crippen LogP contribution in [-0.4, -0.2) is 35.3 Å². The fraction of sp³-hybridized carbons (Fsp3) is 0.750. The summed E-state index contributed by atoms with van der Waals surface area (Å²) in [5, 5.41) is 12.1. The number of rotatable bonds is 8. The summed E-state index contributed by atoms with van der Waals surface area (Å²) in [4.78, 5) is 21.1. The number of carboxylic acid groups (broad SMARTS) is 1. The summed E-state index contributed by atoms with van der Waals surface area (Å²) in [5.41, 5.74) is 0. The Balaban J connectivity index is 3.25. The van der Waals surface area contributed by atoms with Gasteiger partial charge < -0.3 is 10.4 Å². The van der Waals surface area contributed by atoms with Crippen molar-refractivity contribution in [2.75, 3.05) is 18.4 Å². The summed E-state index contributed by atoms with van der Waals surface area (Å²) in [5.74, 6) is -0.967. The van der Waals surface area contributed by atoms with Gasteiger partial charge in [-0.05, 0) is 13.0 Å². The first kappa shape index (κ1) is 12.6. The molecule has 0 spiro atoms. The number of nitrogens with one attached hydrogen (secondary N) is 1. The maximum atomic E-state index is 11.0. The van der Waals surface area contributed by atoms with Crippen molar-refractivity contribution >= 4 is 27.7 Å². The second-order valence-electron chi connectivity index (χ2n) is 2.65. The number of hydrogen-bond donors (Lipinski definition) is 2. The Kier molecular flexibility index (Phi) is 7.93. The molecule has 0 aromatic heterocycles. The van der Waals surface area contributed by atoms with Crippen molar-refractivity contribution in [2.24, 2.45) is 0 Å². The number of Topliss-reactive ketones (excluding diaryl/α,β-unsaturated/α-hetero) is 1. The predicted molar refractivity (Wildman–Crippen MR) is 53.2 cm³/mol. The van der Waals surface area contributed by atoms with E-state index < -0.39 is 5.97 Å². The molecule has 76 valence electrons. The Morgan fingerprint density at radius 1 is 1.31 bits per heavy atom. The summed E-state index contributed by atoms with van der Waals surface area (Å²) in [6, 6.07) is 0. The van der Waals surface area contributed by atoms with Gasteiger partial charge in [-0.2, -0.15) is 0 Å². The second kappa shape index (κ2) is 8.19. The van der Waals surface area contributed by atoms with Crippen LogP contribution in [0.1, 0.15) is 19.3 Å². The zero-order valence-electron chi connectivity index (χ0n) is 7.38. The van der Waals surface area contributed by atoms with Crippen molar-refractivity contribution in [1.82, 2.24) is 5.32 Å². The van der Waals surface area contributed by atoms with Crippen LogP contribution < -0.4 is 5.32 Å². The van der Waals surface area contributed by atoms with Crippen LogP contribution in [0.15, 0.2) is 0 Å². The fourth-order valence-corrected chi connectivity index (χ4v) is 1.03. The van der Waals surface area contributed by atoms with Gasteiger partial charge in [0.25, 0.3) is 0 Å². The molecule has 0 saturated carbocycles. The third-order valence-corrected chi connectivity index (χ3v) is 1.99. The monoisotopic (exact) mass is 251 g/mol. The number of alkyl halides is 1. The van der Waals surface area contributed by atoms with E-state index in [4.69, 9.17) is 5.11 Å². The molecule has 0 amide bonds. The molecule has 0 saturated heterocycles. The highest BCUT2D eigenvalue weighted by Gasteiger charge is 2.04. The fourth-order valence-electron chi connectivity index (χ4n) is 0.754. The summed E-state index contributed by atoms with van der Waals surface area (Å²) in [6.45, 7) is 1.06. The summed E-state index contributed by atoms with van der Waals surface area (Å²) in [6.07, 6.45) is 1.02. The van der Waals surface area contributed by atoms with Gasteiger partial charge in [0.15, 0.2) is 0 Å². The highest BCUT2D eigenvalue weighted by molar-refractivity contribution is 9.09. The van der Waals surface area contributed by atoms with E-state index >= 15 is 0 Å². The zero-order valence-corrected chi connectivity index (χ0v) is 8.97. The van der Waals surface area contributed by atoms with Crippen LogP contribution in [-0.2, 0) is 9.59 Å². The molecular formula is C8H14BrNO3. The Labute approximate surface area is 85.8 Å². The molecule has 0 radical (unpaired) electrons. The van der Waals surface area contributed by atoms with Gasteiger partial charge in [-0.1, -0.05) is 15.9 Å². The van der Waals surface area contributed by atoms with Crippen molar-refractivity contribution in [3.05, 3.63) is 0 Å². The van der Waals surface area contributed by atoms with Crippen molar-refractivity contribution in [3.8, 4) is 0 Å². The van der Waals surface area contributed by atoms with E-state index in [0.717, 1.165) is 18.3 Å². The molecule has 0 aliphatic rings. The highest BCUT2D eigenvalue weighted by atomic mass is 79.9. The standard InChI is InChI=1S/C8H14BrNO3/c9-4-1-5-10-6-7(11)2-3-8(12)13/h10H,1-6H2,(H,12,13). The average Bonchev–Trinajstić information content (AvgIpc) is 2.09. The van der Waals surface area contributed by atoms with Crippen molar-refractivity contribution in [1.29, 1.82) is 0 Å². The Hall–Kier alpha value is -0.420. The predicted octanol–water partition coefficient (Wildman–Crippen LogP) is 0.795. The molecular weight excluding hydrogens is 238 g/mol. The van der Waals surface area contributed by atoms with Crippen LogP contribution in [0, 0.1) is 0 Å². The number of hydrogen-bond acceptors (Lipinski definition) is 3. The van der Waals surface area contributed by atoms with Crippen LogP contribution in [0.5, 0.6) is 0 Å². The Morgan fingerprint density at radius 3 is 2.54 bits per heavy atom. The van der Waals surface area contributed by atoms with E-state index in [9.17, 15) is 9.59 Å². The van der Waals surface area contributed by atoms with Crippen LogP contribution in [0.3, 0.4) is 0 Å². The number of aliphatic carboxylic acids is 1. The molecule has 0 aliphatic carbocycles. The van der Waals surface area contributed by atoms with Crippen LogP contribution in [0.25, 0.3) is 0 Å². The maximum absolute atomic E-state index is 11.0. The quantitative estimate of drug-likeness (QED) is 0.495. The minimum Gasteiger partial charge on any atom is -0.481 e. The first-order chi connectivity index (χ1) is 6.16. The number of halogens is 1. The molecule has 0 fully saturated rings. The average molecular weight is 252 g/mol. The second-order valence-corrected chi connectivity index (χ2v) is 3.44. The topological polar surface area (TPSA) is 66.4 Å². The van der Waals surface area contributed by atoms with Gasteiger partial charge in [0.2, 0.25) is 0 Å². The van der Waals surface area contributed by atoms with E-state index in [0.29, 0.717) is 0 Å². The highest BCUT2D eigenvalue weighted by Crippen LogP contribution is 1.90. The van der Waals surface area contributed by atoms with Gasteiger partial charge in [-0.3, -0.25) is 9.59 Å². The zero-order chi connectivity index (χ0) is 10.1. The summed E-state index contributed by atoms with van der Waals surface area (Å²) < 4.78 is 0. The Morgan fingerprint density at radius 2 is 2.00 bits per heavy atom. The lowest BCUT2D eigenvalue weighted by Gasteiger charge is -2.00. The minimum atomic E-state index is -0.922. The normalized spacial score (nSPS) is 9.92. The molecule has 5 heteroatoms. The first-order valence-corrected chi connectivity index (χ1v) is 5.29. The number of carboxylic acids is 1. The SMILES string of the molecule is O=C(O)CCC(=O)CNCCCBr. The Bertz CT molecular complexity index is 173. The van der Waals surface area contributed by atoms with E-state index in [2.05, 4.69) is 21.2 Å². The van der Waals surface area contributed by atoms with Gasteiger partial charge in [0.05, 0.1) is 13.0 Å². The van der Waals surface area contributed by atoms with Gasteiger partial charge in [-0.15, -0.1) is 0 Å². The van der Waals surface area contributed by atoms with E-state index in [1.165, 1.54) is 0 Å². The van der Waals surface area contributed by atoms with Crippen molar-refractivity contribution in [2.45, 2.75) is 19.3 Å². The lowest BCUT2D eigenvalue weighted by atomic mass is 10.2. The summed E-state index contributed by atoms with van der Waals surface area (Å²) in [7, 11) is 0. The van der Waals surface area contributed by atoms with Gasteiger partial charge in [0, 0.05) is 11.8 Å². The third kappa shape index (κ3) is 9.49. The lowest BCUT2D eigenvalue weighted by molar-refractivity contribution is -0.138. The van der Waals surface area contributed by atoms with Gasteiger partial charge in [0.1, 0.15) is 5.78 Å². The van der Waals surface area contributed by atoms with E-state index in [1.807, 2.05) is 0 Å². The van der Waals surface area contributed by atoms with Gasteiger partial charge in [-0.25, -0.2) is 0 Å². The van der Waals surface area contributed by atoms with E-state index in [1.54, 1.807) is 0 Å². The lowest BCUT2D eigenvalue weighted by Crippen LogP contribution is -2.24. The molecule has 13 heavy (non-hydrogen) atoms. The van der Waals surface area contributed by atoms with E-state index in [-0.39, 0.29) is 25.2 Å². The van der Waals surface area contributed by atoms with Crippen LogP contribution in [0.2, 0.25) is 0 Å². The molecule has 0 aromatic carbocycles. The number of ketones is 1. The largest absolute Gasteiger partial charge is 0.481 e. The first-order valence-electron chi connectivity index (χ1n) is 4.17. The molecule has 0 rings (SSSR count). The molecule has 0 atom stereocenters. The molecule has 0 unspecified atom stereocenters. The van der Waals surface area contributed by atoms with Crippen molar-refractivity contribution < 1.29 is 14.7 Å². The molecule has 2 N–H and O–H groups in total. The van der Waals surface area contributed by atoms with Crippen LogP contribution >= 0.6 is 15.9 Å². The minimum absolute atomic E-state index is 0.0445. The third-order valence-electron chi connectivity index (χ3n) is 1.43. The molecule has 4 nitrogen and oxygen atoms in total. The smallest absolute Gasteiger partial charge is 0.303 e.